The number of rotatable bonds is 7. The van der Waals surface area contributed by atoms with Gasteiger partial charge >= 0.3 is 40.8 Å². The maximum absolute atomic E-state index is 4.99. The van der Waals surface area contributed by atoms with Crippen molar-refractivity contribution in [2.24, 2.45) is 9.98 Å². The van der Waals surface area contributed by atoms with Crippen molar-refractivity contribution in [1.82, 2.24) is 0 Å². The van der Waals surface area contributed by atoms with Crippen LogP contribution in [0.2, 0.25) is 0 Å². The Hall–Kier alpha value is -0.598. The molecule has 29 heavy (non-hydrogen) atoms. The monoisotopic (exact) mass is 612 g/mol. The first-order valence-electron chi connectivity index (χ1n) is 10.1. The average molecular weight is 615 g/mol. The second-order valence-electron chi connectivity index (χ2n) is 6.70. The Balaban J connectivity index is 0.00000132. The summed E-state index contributed by atoms with van der Waals surface area (Å²) in [6.07, 6.45) is 3.98. The van der Waals surface area contributed by atoms with Crippen LogP contribution in [0.5, 0.6) is 0 Å². The van der Waals surface area contributed by atoms with Crippen LogP contribution < -0.4 is 0 Å². The summed E-state index contributed by atoms with van der Waals surface area (Å²) in [6, 6.07) is 13.0. The van der Waals surface area contributed by atoms with E-state index in [0.29, 0.717) is 13.9 Å². The van der Waals surface area contributed by atoms with E-state index in [-0.39, 0.29) is 0 Å². The van der Waals surface area contributed by atoms with Crippen molar-refractivity contribution < 1.29 is 13.9 Å². The van der Waals surface area contributed by atoms with Gasteiger partial charge in [0, 0.05) is 0 Å². The van der Waals surface area contributed by atoms with Crippen LogP contribution in [0.1, 0.15) is 63.8 Å². The van der Waals surface area contributed by atoms with Crippen LogP contribution >= 0.6 is 26.9 Å². The molecule has 0 aliphatic heterocycles. The van der Waals surface area contributed by atoms with Crippen molar-refractivity contribution in [3.05, 3.63) is 58.7 Å². The minimum atomic E-state index is 0.575. The van der Waals surface area contributed by atoms with E-state index in [4.69, 9.17) is 9.98 Å². The first-order chi connectivity index (χ1) is 14.0. The molecule has 2 nitrogen and oxygen atoms in total. The number of hydrogen-bond donors (Lipinski definition) is 0. The van der Waals surface area contributed by atoms with Gasteiger partial charge in [0.2, 0.25) is 0 Å². The summed E-state index contributed by atoms with van der Waals surface area (Å²) < 4.78 is 0. The quantitative estimate of drug-likeness (QED) is 0.221. The maximum atomic E-state index is 4.99. The van der Waals surface area contributed by atoms with E-state index >= 15 is 0 Å². The molecule has 0 unspecified atom stereocenters. The van der Waals surface area contributed by atoms with Gasteiger partial charge in [0.25, 0.3) is 0 Å². The summed E-state index contributed by atoms with van der Waals surface area (Å²) >= 11 is 6.80. The molecule has 2 rings (SSSR count). The summed E-state index contributed by atoms with van der Waals surface area (Å²) in [5, 5.41) is 0. The Bertz CT molecular complexity index is 731. The van der Waals surface area contributed by atoms with Gasteiger partial charge in [0.1, 0.15) is 0 Å². The number of halogens is 2. The molecule has 0 bridgehead atoms. The molecular formula is C24H32Br2N2Pd. The van der Waals surface area contributed by atoms with E-state index in [2.05, 4.69) is 105 Å². The van der Waals surface area contributed by atoms with Crippen LogP contribution in [0.15, 0.2) is 46.4 Å². The van der Waals surface area contributed by atoms with Crippen LogP contribution in [-0.2, 0) is 39.6 Å². The second kappa shape index (κ2) is 14.4. The first kappa shape index (κ1) is 26.4. The molecular weight excluding hydrogens is 583 g/mol. The summed E-state index contributed by atoms with van der Waals surface area (Å²) in [5.74, 6) is 0. The first-order valence-corrected chi connectivity index (χ1v) is 17.2. The fraction of sp³-hybridized carbons (Fsp3) is 0.417. The Morgan fingerprint density at radius 2 is 0.897 bits per heavy atom. The van der Waals surface area contributed by atoms with Crippen molar-refractivity contribution in [2.75, 3.05) is 0 Å². The molecule has 0 amide bonds. The van der Waals surface area contributed by atoms with Crippen molar-refractivity contribution in [2.45, 2.75) is 67.2 Å². The molecule has 0 atom stereocenters. The molecule has 162 valence electrons. The fourth-order valence-corrected chi connectivity index (χ4v) is 3.21. The Morgan fingerprint density at radius 3 is 1.10 bits per heavy atom. The molecule has 0 aliphatic rings. The molecule has 0 saturated carbocycles. The van der Waals surface area contributed by atoms with Crippen LogP contribution in [0.4, 0.5) is 11.4 Å². The van der Waals surface area contributed by atoms with Gasteiger partial charge in [0.05, 0.1) is 22.8 Å². The van der Waals surface area contributed by atoms with E-state index in [9.17, 15) is 0 Å². The summed E-state index contributed by atoms with van der Waals surface area (Å²) in [5.41, 5.74) is 9.47. The van der Waals surface area contributed by atoms with Crippen molar-refractivity contribution in [3.63, 3.8) is 0 Å². The Labute approximate surface area is 198 Å². The molecule has 0 spiro atoms. The standard InChI is InChI=1S/C24H32N2.2BrH.Pd/c1-7-19-13-11-14-20(8-2)23(19)25-17(5)18(6)26-24-21(9-3)15-12-16-22(24)10-4;;;/h11-16H,7-10H2,1-6H3;2*1H;/q;;;+2/p-2. The van der Waals surface area contributed by atoms with Crippen LogP contribution in [-0.4, -0.2) is 11.4 Å². The zero-order valence-corrected chi connectivity index (χ0v) is 23.0. The topological polar surface area (TPSA) is 24.7 Å². The number of aliphatic imine (C=N–C) groups is 2. The molecule has 0 N–H and O–H groups in total. The zero-order chi connectivity index (χ0) is 21.8. The van der Waals surface area contributed by atoms with Gasteiger partial charge in [-0.1, -0.05) is 64.1 Å². The second-order valence-corrected chi connectivity index (χ2v) is 13.9. The summed E-state index contributed by atoms with van der Waals surface area (Å²) in [7, 11) is 0. The SMILES string of the molecule is CCc1cccc(CC)c1N=C(C)C(C)=Nc1c(CC)cccc1CC.[Br][Pd][Br]. The van der Waals surface area contributed by atoms with Crippen molar-refractivity contribution in [1.29, 1.82) is 0 Å². The zero-order valence-electron chi connectivity index (χ0n) is 18.3. The van der Waals surface area contributed by atoms with Gasteiger partial charge in [-0.3, -0.25) is 9.98 Å². The van der Waals surface area contributed by atoms with E-state index in [1.54, 1.807) is 0 Å². The molecule has 0 radical (unpaired) electrons. The third-order valence-electron chi connectivity index (χ3n) is 5.01. The van der Waals surface area contributed by atoms with Crippen molar-refractivity contribution >= 4 is 49.7 Å². The van der Waals surface area contributed by atoms with E-state index < -0.39 is 0 Å². The van der Waals surface area contributed by atoms with E-state index in [1.165, 1.54) is 22.3 Å². The molecule has 0 aliphatic carbocycles. The summed E-state index contributed by atoms with van der Waals surface area (Å²) in [4.78, 5) is 9.99. The van der Waals surface area contributed by atoms with Gasteiger partial charge in [-0.2, -0.15) is 0 Å². The van der Waals surface area contributed by atoms with Crippen molar-refractivity contribution in [3.8, 4) is 0 Å². The number of para-hydroxylation sites is 2. The molecule has 5 heteroatoms. The molecule has 2 aromatic carbocycles. The number of hydrogen-bond acceptors (Lipinski definition) is 2. The number of aryl methyl sites for hydroxylation is 4. The Kier molecular flexibility index (Phi) is 13.1. The summed E-state index contributed by atoms with van der Waals surface area (Å²) in [6.45, 7) is 12.9. The third kappa shape index (κ3) is 7.87. The normalized spacial score (nSPS) is 12.0. The Morgan fingerprint density at radius 1 is 0.655 bits per heavy atom. The van der Waals surface area contributed by atoms with Gasteiger partial charge < -0.3 is 0 Å². The van der Waals surface area contributed by atoms with Gasteiger partial charge in [-0.25, -0.2) is 0 Å². The molecule has 0 aromatic heterocycles. The predicted octanol–water partition coefficient (Wildman–Crippen LogP) is 8.51. The van der Waals surface area contributed by atoms with Crippen LogP contribution in [0.3, 0.4) is 0 Å². The van der Waals surface area contributed by atoms with Crippen LogP contribution in [0.25, 0.3) is 0 Å². The molecule has 0 fully saturated rings. The molecule has 0 heterocycles. The van der Waals surface area contributed by atoms with Crippen LogP contribution in [0, 0.1) is 0 Å². The fourth-order valence-electron chi connectivity index (χ4n) is 3.21. The average Bonchev–Trinajstić information content (AvgIpc) is 2.74. The number of nitrogens with zero attached hydrogens (tertiary/aromatic N) is 2. The van der Waals surface area contributed by atoms with E-state index in [1.807, 2.05) is 0 Å². The van der Waals surface area contributed by atoms with Gasteiger partial charge in [-0.05, 0) is 61.8 Å². The third-order valence-corrected chi connectivity index (χ3v) is 5.01. The number of benzene rings is 2. The van der Waals surface area contributed by atoms with Gasteiger partial charge in [-0.15, -0.1) is 0 Å². The minimum absolute atomic E-state index is 0.575. The van der Waals surface area contributed by atoms with Gasteiger partial charge in [0.15, 0.2) is 0 Å². The predicted molar refractivity (Wildman–Crippen MR) is 134 cm³/mol. The van der Waals surface area contributed by atoms with E-state index in [0.717, 1.165) is 48.5 Å². The molecule has 2 aromatic rings. The molecule has 0 saturated heterocycles.